The van der Waals surface area contributed by atoms with Crippen LogP contribution in [0, 0.1) is 19.8 Å². The lowest BCUT2D eigenvalue weighted by Crippen LogP contribution is -2.41. The number of rotatable bonds is 5. The van der Waals surface area contributed by atoms with Gasteiger partial charge in [0.25, 0.3) is 0 Å². The third-order valence-electron chi connectivity index (χ3n) is 4.25. The molecule has 5 nitrogen and oxygen atoms in total. The van der Waals surface area contributed by atoms with Crippen molar-refractivity contribution < 1.29 is 5.11 Å². The lowest BCUT2D eigenvalue weighted by atomic mass is 9.79. The largest absolute Gasteiger partial charge is 0.388 e. The number of aromatic nitrogens is 2. The van der Waals surface area contributed by atoms with Gasteiger partial charge in [-0.3, -0.25) is 0 Å². The molecule has 118 valence electrons. The van der Waals surface area contributed by atoms with E-state index >= 15 is 0 Å². The third-order valence-corrected chi connectivity index (χ3v) is 4.25. The Labute approximate surface area is 127 Å². The summed E-state index contributed by atoms with van der Waals surface area (Å²) in [6, 6.07) is 0. The van der Waals surface area contributed by atoms with Crippen molar-refractivity contribution >= 4 is 11.6 Å². The van der Waals surface area contributed by atoms with E-state index in [2.05, 4.69) is 34.4 Å². The average molecular weight is 292 g/mol. The van der Waals surface area contributed by atoms with Crippen molar-refractivity contribution in [3.05, 3.63) is 11.4 Å². The van der Waals surface area contributed by atoms with Gasteiger partial charge in [0, 0.05) is 18.7 Å². The molecule has 0 bridgehead atoms. The van der Waals surface area contributed by atoms with E-state index in [1.165, 1.54) is 6.42 Å². The van der Waals surface area contributed by atoms with Gasteiger partial charge in [-0.1, -0.05) is 19.8 Å². The number of anilines is 2. The molecular formula is C16H28N4O. The lowest BCUT2D eigenvalue weighted by molar-refractivity contribution is -0.000838. The van der Waals surface area contributed by atoms with Crippen molar-refractivity contribution in [1.82, 2.24) is 9.97 Å². The van der Waals surface area contributed by atoms with Gasteiger partial charge in [0.2, 0.25) is 0 Å². The van der Waals surface area contributed by atoms with Crippen LogP contribution in [-0.4, -0.2) is 33.8 Å². The minimum atomic E-state index is -0.610. The van der Waals surface area contributed by atoms with E-state index in [9.17, 15) is 5.11 Å². The smallest absolute Gasteiger partial charge is 0.134 e. The van der Waals surface area contributed by atoms with Gasteiger partial charge in [0.15, 0.2) is 0 Å². The fourth-order valence-corrected chi connectivity index (χ4v) is 3.18. The zero-order valence-corrected chi connectivity index (χ0v) is 13.7. The molecule has 1 aliphatic carbocycles. The summed E-state index contributed by atoms with van der Waals surface area (Å²) >= 11 is 0. The highest BCUT2D eigenvalue weighted by molar-refractivity contribution is 5.57. The quantitative estimate of drug-likeness (QED) is 0.778. The lowest BCUT2D eigenvalue weighted by Gasteiger charge is -2.35. The van der Waals surface area contributed by atoms with Crippen molar-refractivity contribution in [1.29, 1.82) is 0 Å². The number of hydrogen-bond acceptors (Lipinski definition) is 5. The molecule has 1 heterocycles. The van der Waals surface area contributed by atoms with Gasteiger partial charge in [-0.2, -0.15) is 0 Å². The van der Waals surface area contributed by atoms with Gasteiger partial charge in [0.05, 0.1) is 5.60 Å². The van der Waals surface area contributed by atoms with Gasteiger partial charge < -0.3 is 15.7 Å². The molecule has 0 aromatic carbocycles. The van der Waals surface area contributed by atoms with E-state index in [0.717, 1.165) is 48.8 Å². The number of nitrogens with zero attached hydrogens (tertiary/aromatic N) is 2. The highest BCUT2D eigenvalue weighted by Crippen LogP contribution is 2.32. The predicted octanol–water partition coefficient (Wildman–Crippen LogP) is 2.88. The first-order valence-corrected chi connectivity index (χ1v) is 7.99. The second-order valence-corrected chi connectivity index (χ2v) is 6.40. The average Bonchev–Trinajstić information content (AvgIpc) is 2.41. The number of nitrogens with one attached hydrogen (secondary N) is 2. The Bertz CT molecular complexity index is 491. The van der Waals surface area contributed by atoms with Crippen LogP contribution in [0.2, 0.25) is 0 Å². The summed E-state index contributed by atoms with van der Waals surface area (Å²) in [7, 11) is 0. The number of hydrogen-bond donors (Lipinski definition) is 3. The summed E-state index contributed by atoms with van der Waals surface area (Å²) in [4.78, 5) is 8.90. The maximum Gasteiger partial charge on any atom is 0.134 e. The highest BCUT2D eigenvalue weighted by Gasteiger charge is 2.32. The third kappa shape index (κ3) is 4.06. The van der Waals surface area contributed by atoms with Crippen molar-refractivity contribution in [3.63, 3.8) is 0 Å². The SMILES string of the molecule is CCNc1nc(C)nc(NCC2(O)CCCC(C)C2)c1C. The summed E-state index contributed by atoms with van der Waals surface area (Å²) in [6.07, 6.45) is 4.05. The van der Waals surface area contributed by atoms with Crippen molar-refractivity contribution in [2.45, 2.75) is 59.0 Å². The molecular weight excluding hydrogens is 264 g/mol. The van der Waals surface area contributed by atoms with Crippen molar-refractivity contribution in [2.75, 3.05) is 23.7 Å². The molecule has 0 radical (unpaired) electrons. The first kappa shape index (κ1) is 16.0. The Kier molecular flexibility index (Phi) is 5.04. The summed E-state index contributed by atoms with van der Waals surface area (Å²) < 4.78 is 0. The molecule has 21 heavy (non-hydrogen) atoms. The van der Waals surface area contributed by atoms with Crippen molar-refractivity contribution in [3.8, 4) is 0 Å². The second-order valence-electron chi connectivity index (χ2n) is 6.40. The van der Waals surface area contributed by atoms with Gasteiger partial charge in [-0.15, -0.1) is 0 Å². The Balaban J connectivity index is 2.09. The van der Waals surface area contributed by atoms with Crippen LogP contribution in [-0.2, 0) is 0 Å². The first-order valence-electron chi connectivity index (χ1n) is 7.99. The minimum Gasteiger partial charge on any atom is -0.388 e. The molecule has 3 N–H and O–H groups in total. The first-order chi connectivity index (χ1) is 9.93. The van der Waals surface area contributed by atoms with Crippen LogP contribution in [0.5, 0.6) is 0 Å². The fraction of sp³-hybridized carbons (Fsp3) is 0.750. The zero-order chi connectivity index (χ0) is 15.5. The molecule has 0 spiro atoms. The molecule has 1 fully saturated rings. The van der Waals surface area contributed by atoms with Gasteiger partial charge in [-0.25, -0.2) is 9.97 Å². The standard InChI is InChI=1S/C16H28N4O/c1-5-17-14-12(3)15(20-13(4)19-14)18-10-16(21)8-6-7-11(2)9-16/h11,21H,5-10H2,1-4H3,(H2,17,18,19,20). The molecule has 2 atom stereocenters. The Hall–Kier alpha value is -1.36. The maximum absolute atomic E-state index is 10.7. The summed E-state index contributed by atoms with van der Waals surface area (Å²) in [5.74, 6) is 3.03. The Morgan fingerprint density at radius 3 is 2.52 bits per heavy atom. The fourth-order valence-electron chi connectivity index (χ4n) is 3.18. The van der Waals surface area contributed by atoms with Gasteiger partial charge >= 0.3 is 0 Å². The maximum atomic E-state index is 10.7. The van der Waals surface area contributed by atoms with E-state index < -0.39 is 5.60 Å². The molecule has 0 saturated heterocycles. The second kappa shape index (κ2) is 6.60. The Morgan fingerprint density at radius 1 is 1.24 bits per heavy atom. The van der Waals surface area contributed by atoms with Gasteiger partial charge in [-0.05, 0) is 39.5 Å². The van der Waals surface area contributed by atoms with Gasteiger partial charge in [0.1, 0.15) is 17.5 Å². The molecule has 1 aromatic heterocycles. The molecule has 5 heteroatoms. The van der Waals surface area contributed by atoms with Crippen LogP contribution in [0.15, 0.2) is 0 Å². The monoisotopic (exact) mass is 292 g/mol. The van der Waals surface area contributed by atoms with E-state index in [0.29, 0.717) is 12.5 Å². The minimum absolute atomic E-state index is 0.556. The normalized spacial score (nSPS) is 25.7. The summed E-state index contributed by atoms with van der Waals surface area (Å²) in [5.41, 5.74) is 0.399. The van der Waals surface area contributed by atoms with Crippen molar-refractivity contribution in [2.24, 2.45) is 5.92 Å². The van der Waals surface area contributed by atoms with E-state index in [1.807, 2.05) is 13.8 Å². The predicted molar refractivity (Wildman–Crippen MR) is 86.7 cm³/mol. The van der Waals surface area contributed by atoms with Crippen LogP contribution >= 0.6 is 0 Å². The van der Waals surface area contributed by atoms with E-state index in [4.69, 9.17) is 0 Å². The number of aryl methyl sites for hydroxylation is 1. The van der Waals surface area contributed by atoms with Crippen LogP contribution in [0.4, 0.5) is 11.6 Å². The van der Waals surface area contributed by atoms with Crippen LogP contribution in [0.25, 0.3) is 0 Å². The zero-order valence-electron chi connectivity index (χ0n) is 13.7. The molecule has 1 aromatic rings. The van der Waals surface area contributed by atoms with E-state index in [-0.39, 0.29) is 0 Å². The molecule has 1 aliphatic rings. The topological polar surface area (TPSA) is 70.1 Å². The molecule has 2 rings (SSSR count). The molecule has 1 saturated carbocycles. The van der Waals surface area contributed by atoms with Crippen LogP contribution < -0.4 is 10.6 Å². The Morgan fingerprint density at radius 2 is 1.90 bits per heavy atom. The summed E-state index contributed by atoms with van der Waals surface area (Å²) in [5, 5.41) is 17.3. The van der Waals surface area contributed by atoms with Crippen LogP contribution in [0.1, 0.15) is 50.9 Å². The molecule has 0 aliphatic heterocycles. The molecule has 0 amide bonds. The summed E-state index contributed by atoms with van der Waals surface area (Å²) in [6.45, 7) is 9.55. The highest BCUT2D eigenvalue weighted by atomic mass is 16.3. The molecule has 2 unspecified atom stereocenters. The number of aliphatic hydroxyl groups is 1. The van der Waals surface area contributed by atoms with E-state index in [1.54, 1.807) is 0 Å². The van der Waals surface area contributed by atoms with Crippen LogP contribution in [0.3, 0.4) is 0 Å².